The van der Waals surface area contributed by atoms with E-state index in [2.05, 4.69) is 35.1 Å². The molecule has 1 fully saturated rings. The summed E-state index contributed by atoms with van der Waals surface area (Å²) in [5, 5.41) is 3.01. The van der Waals surface area contributed by atoms with Gasteiger partial charge < -0.3 is 10.2 Å². The van der Waals surface area contributed by atoms with Crippen molar-refractivity contribution < 1.29 is 4.79 Å². The number of likely N-dealkylation sites (tertiary alicyclic amines) is 1. The number of halogens is 1. The van der Waals surface area contributed by atoms with E-state index in [-0.39, 0.29) is 6.03 Å². The second-order valence-electron chi connectivity index (χ2n) is 5.74. The number of anilines is 1. The number of piperidine rings is 1. The second-order valence-corrected chi connectivity index (χ2v) is 6.66. The SMILES string of the molecule is Cc1cc(Br)ccc1NC(=O)N1C[C@H](C)C[C@H](C)C1. The lowest BCUT2D eigenvalue weighted by Crippen LogP contribution is -2.44. The van der Waals surface area contributed by atoms with Crippen molar-refractivity contribution in [2.75, 3.05) is 18.4 Å². The molecule has 2 atom stereocenters. The lowest BCUT2D eigenvalue weighted by Gasteiger charge is -2.35. The highest BCUT2D eigenvalue weighted by Gasteiger charge is 2.25. The molecule has 19 heavy (non-hydrogen) atoms. The number of amides is 2. The molecule has 4 heteroatoms. The third kappa shape index (κ3) is 3.72. The van der Waals surface area contributed by atoms with Crippen LogP contribution >= 0.6 is 15.9 Å². The minimum atomic E-state index is 0.0174. The average molecular weight is 325 g/mol. The maximum atomic E-state index is 12.3. The number of benzene rings is 1. The van der Waals surface area contributed by atoms with Crippen LogP contribution in [0.2, 0.25) is 0 Å². The molecule has 0 bridgehead atoms. The summed E-state index contributed by atoms with van der Waals surface area (Å²) in [6.45, 7) is 8.13. The highest BCUT2D eigenvalue weighted by atomic mass is 79.9. The topological polar surface area (TPSA) is 32.3 Å². The first-order valence-corrected chi connectivity index (χ1v) is 7.57. The van der Waals surface area contributed by atoms with Crippen molar-refractivity contribution in [3.8, 4) is 0 Å². The summed E-state index contributed by atoms with van der Waals surface area (Å²) in [7, 11) is 0. The molecule has 3 nitrogen and oxygen atoms in total. The standard InChI is InChI=1S/C15H21BrN2O/c1-10-6-11(2)9-18(8-10)15(19)17-14-5-4-13(16)7-12(14)3/h4-5,7,10-11H,6,8-9H2,1-3H3,(H,17,19)/t10-,11+. The quantitative estimate of drug-likeness (QED) is 0.822. The van der Waals surface area contributed by atoms with Gasteiger partial charge in [-0.05, 0) is 48.9 Å². The molecule has 0 aliphatic carbocycles. The Balaban J connectivity index is 2.04. The summed E-state index contributed by atoms with van der Waals surface area (Å²) in [4.78, 5) is 14.2. The zero-order valence-electron chi connectivity index (χ0n) is 11.7. The van der Waals surface area contributed by atoms with Gasteiger partial charge in [-0.1, -0.05) is 29.8 Å². The highest BCUT2D eigenvalue weighted by molar-refractivity contribution is 9.10. The van der Waals surface area contributed by atoms with Gasteiger partial charge in [-0.3, -0.25) is 0 Å². The maximum Gasteiger partial charge on any atom is 0.321 e. The summed E-state index contributed by atoms with van der Waals surface area (Å²) in [5.74, 6) is 1.17. The molecule has 0 radical (unpaired) electrons. The Kier molecular flexibility index (Phi) is 4.50. The Labute approximate surface area is 123 Å². The van der Waals surface area contributed by atoms with Crippen LogP contribution in [0.3, 0.4) is 0 Å². The first-order chi connectivity index (χ1) is 8.95. The number of rotatable bonds is 1. The highest BCUT2D eigenvalue weighted by Crippen LogP contribution is 2.23. The van der Waals surface area contributed by atoms with Gasteiger partial charge in [0.1, 0.15) is 0 Å². The van der Waals surface area contributed by atoms with Gasteiger partial charge in [0.05, 0.1) is 0 Å². The zero-order valence-corrected chi connectivity index (χ0v) is 13.3. The van der Waals surface area contributed by atoms with Crippen LogP contribution in [0.25, 0.3) is 0 Å². The van der Waals surface area contributed by atoms with Gasteiger partial charge in [0, 0.05) is 23.2 Å². The fourth-order valence-electron chi connectivity index (χ4n) is 2.79. The van der Waals surface area contributed by atoms with Crippen molar-refractivity contribution >= 4 is 27.6 Å². The average Bonchev–Trinajstić information content (AvgIpc) is 2.31. The Hall–Kier alpha value is -1.03. The number of carbonyl (C=O) groups excluding carboxylic acids is 1. The van der Waals surface area contributed by atoms with Crippen molar-refractivity contribution in [2.24, 2.45) is 11.8 Å². The molecule has 1 aliphatic rings. The van der Waals surface area contributed by atoms with E-state index in [1.54, 1.807) is 0 Å². The number of hydrogen-bond acceptors (Lipinski definition) is 1. The van der Waals surface area contributed by atoms with Gasteiger partial charge in [0.2, 0.25) is 0 Å². The largest absolute Gasteiger partial charge is 0.324 e. The van der Waals surface area contributed by atoms with Gasteiger partial charge in [-0.25, -0.2) is 4.79 Å². The lowest BCUT2D eigenvalue weighted by atomic mass is 9.92. The molecule has 0 unspecified atom stereocenters. The van der Waals surface area contributed by atoms with Crippen molar-refractivity contribution in [3.63, 3.8) is 0 Å². The van der Waals surface area contributed by atoms with Crippen LogP contribution in [0.15, 0.2) is 22.7 Å². The van der Waals surface area contributed by atoms with E-state index in [1.165, 1.54) is 6.42 Å². The van der Waals surface area contributed by atoms with Crippen molar-refractivity contribution in [1.29, 1.82) is 0 Å². The Morgan fingerprint density at radius 2 is 1.95 bits per heavy atom. The van der Waals surface area contributed by atoms with E-state index in [4.69, 9.17) is 0 Å². The zero-order chi connectivity index (χ0) is 14.0. The Morgan fingerprint density at radius 3 is 2.53 bits per heavy atom. The number of nitrogens with zero attached hydrogens (tertiary/aromatic N) is 1. The third-order valence-electron chi connectivity index (χ3n) is 3.59. The monoisotopic (exact) mass is 324 g/mol. The van der Waals surface area contributed by atoms with Crippen LogP contribution in [-0.4, -0.2) is 24.0 Å². The van der Waals surface area contributed by atoms with Crippen molar-refractivity contribution in [1.82, 2.24) is 4.90 Å². The maximum absolute atomic E-state index is 12.3. The van der Waals surface area contributed by atoms with Crippen LogP contribution < -0.4 is 5.32 Å². The molecule has 1 aliphatic heterocycles. The molecule has 2 rings (SSSR count). The first kappa shape index (κ1) is 14.4. The van der Waals surface area contributed by atoms with Gasteiger partial charge >= 0.3 is 6.03 Å². The normalized spacial score (nSPS) is 23.3. The summed E-state index contributed by atoms with van der Waals surface area (Å²) in [6, 6.07) is 5.92. The summed E-state index contributed by atoms with van der Waals surface area (Å²) < 4.78 is 1.03. The molecule has 1 saturated heterocycles. The molecule has 2 amide bonds. The first-order valence-electron chi connectivity index (χ1n) is 6.77. The van der Waals surface area contributed by atoms with Gasteiger partial charge in [-0.15, -0.1) is 0 Å². The summed E-state index contributed by atoms with van der Waals surface area (Å²) in [6.07, 6.45) is 1.21. The molecule has 1 N–H and O–H groups in total. The van der Waals surface area contributed by atoms with Gasteiger partial charge in [-0.2, -0.15) is 0 Å². The van der Waals surface area contributed by atoms with Crippen LogP contribution in [0.5, 0.6) is 0 Å². The molecule has 0 saturated carbocycles. The molecule has 1 aromatic carbocycles. The number of urea groups is 1. The molecule has 104 valence electrons. The van der Waals surface area contributed by atoms with Crippen molar-refractivity contribution in [3.05, 3.63) is 28.2 Å². The van der Waals surface area contributed by atoms with Crippen LogP contribution in [0, 0.1) is 18.8 Å². The summed E-state index contributed by atoms with van der Waals surface area (Å²) in [5.41, 5.74) is 1.96. The lowest BCUT2D eigenvalue weighted by molar-refractivity contribution is 0.156. The van der Waals surface area contributed by atoms with Gasteiger partial charge in [0.25, 0.3) is 0 Å². The molecule has 1 heterocycles. The Bertz CT molecular complexity index is 465. The van der Waals surface area contributed by atoms with E-state index >= 15 is 0 Å². The minimum Gasteiger partial charge on any atom is -0.324 e. The van der Waals surface area contributed by atoms with Crippen LogP contribution in [0.4, 0.5) is 10.5 Å². The molecular formula is C15H21BrN2O. The number of hydrogen-bond donors (Lipinski definition) is 1. The van der Waals surface area contributed by atoms with Crippen LogP contribution in [0.1, 0.15) is 25.8 Å². The van der Waals surface area contributed by atoms with E-state index in [0.29, 0.717) is 11.8 Å². The fraction of sp³-hybridized carbons (Fsp3) is 0.533. The van der Waals surface area contributed by atoms with Gasteiger partial charge in [0.15, 0.2) is 0 Å². The second kappa shape index (κ2) is 5.95. The predicted octanol–water partition coefficient (Wildman–Crippen LogP) is 4.27. The van der Waals surface area contributed by atoms with E-state index in [1.807, 2.05) is 30.0 Å². The molecular weight excluding hydrogens is 304 g/mol. The Morgan fingerprint density at radius 1 is 1.32 bits per heavy atom. The fourth-order valence-corrected chi connectivity index (χ4v) is 3.27. The smallest absolute Gasteiger partial charge is 0.321 e. The number of carbonyl (C=O) groups is 1. The minimum absolute atomic E-state index is 0.0174. The third-order valence-corrected chi connectivity index (χ3v) is 4.08. The molecule has 1 aromatic rings. The van der Waals surface area contributed by atoms with E-state index in [9.17, 15) is 4.79 Å². The number of aryl methyl sites for hydroxylation is 1. The number of nitrogens with one attached hydrogen (secondary N) is 1. The molecule has 0 spiro atoms. The van der Waals surface area contributed by atoms with Crippen molar-refractivity contribution in [2.45, 2.75) is 27.2 Å². The summed E-state index contributed by atoms with van der Waals surface area (Å²) >= 11 is 3.43. The van der Waals surface area contributed by atoms with E-state index in [0.717, 1.165) is 28.8 Å². The molecule has 0 aromatic heterocycles. The predicted molar refractivity (Wildman–Crippen MR) is 82.4 cm³/mol. The van der Waals surface area contributed by atoms with E-state index < -0.39 is 0 Å². The van der Waals surface area contributed by atoms with Crippen LogP contribution in [-0.2, 0) is 0 Å².